The van der Waals surface area contributed by atoms with E-state index >= 15 is 0 Å². The Bertz CT molecular complexity index is 1420. The first-order chi connectivity index (χ1) is 18.2. The van der Waals surface area contributed by atoms with Crippen LogP contribution in [0.3, 0.4) is 0 Å². The Hall–Kier alpha value is -3.81. The molecule has 0 saturated heterocycles. The fraction of sp³-hybridized carbons (Fsp3) is 0.400. The topological polar surface area (TPSA) is 98.5 Å². The van der Waals surface area contributed by atoms with Crippen molar-refractivity contribution in [2.45, 2.75) is 61.5 Å². The molecule has 2 aromatic heterocycles. The molecule has 3 aliphatic carbocycles. The Morgan fingerprint density at radius 2 is 1.85 bits per heavy atom. The van der Waals surface area contributed by atoms with E-state index in [0.717, 1.165) is 30.5 Å². The summed E-state index contributed by atoms with van der Waals surface area (Å²) in [5.41, 5.74) is -0.694. The van der Waals surface area contributed by atoms with E-state index in [4.69, 9.17) is 4.74 Å². The van der Waals surface area contributed by atoms with Gasteiger partial charge >= 0.3 is 12.5 Å². The van der Waals surface area contributed by atoms with Crippen LogP contribution in [-0.2, 0) is 16.5 Å². The van der Waals surface area contributed by atoms with Gasteiger partial charge in [-0.3, -0.25) is 14.5 Å². The van der Waals surface area contributed by atoms with Crippen molar-refractivity contribution < 1.29 is 45.7 Å². The number of aliphatic hydroxyl groups excluding tert-OH is 1. The highest BCUT2D eigenvalue weighted by atomic mass is 19.4. The number of hydrogen-bond acceptors (Lipinski definition) is 6. The average molecular weight is 554 g/mol. The second-order valence-corrected chi connectivity index (χ2v) is 10.2. The van der Waals surface area contributed by atoms with Gasteiger partial charge in [-0.05, 0) is 49.6 Å². The summed E-state index contributed by atoms with van der Waals surface area (Å²) in [6, 6.07) is 5.34. The van der Waals surface area contributed by atoms with E-state index in [9.17, 15) is 36.2 Å². The van der Waals surface area contributed by atoms with E-state index in [1.165, 1.54) is 6.07 Å². The normalized spacial score (nSPS) is 27.5. The molecule has 3 saturated carbocycles. The number of rotatable bonds is 5. The van der Waals surface area contributed by atoms with Crippen molar-refractivity contribution in [2.75, 3.05) is 0 Å². The van der Waals surface area contributed by atoms with Crippen molar-refractivity contribution in [3.05, 3.63) is 60.0 Å². The zero-order chi connectivity index (χ0) is 27.8. The van der Waals surface area contributed by atoms with Crippen LogP contribution in [0.2, 0.25) is 0 Å². The summed E-state index contributed by atoms with van der Waals surface area (Å²) >= 11 is 0. The van der Waals surface area contributed by atoms with E-state index in [1.807, 2.05) is 0 Å². The van der Waals surface area contributed by atoms with Crippen molar-refractivity contribution in [2.24, 2.45) is 0 Å². The number of alkyl halides is 6. The van der Waals surface area contributed by atoms with Crippen LogP contribution in [0.5, 0.6) is 11.5 Å². The number of aromatic nitrogens is 3. The molecule has 206 valence electrons. The highest BCUT2D eigenvalue weighted by Gasteiger charge is 2.70. The van der Waals surface area contributed by atoms with Crippen molar-refractivity contribution in [1.29, 1.82) is 0 Å². The van der Waals surface area contributed by atoms with Crippen LogP contribution >= 0.6 is 0 Å². The number of halogens is 6. The monoisotopic (exact) mass is 554 g/mol. The Morgan fingerprint density at radius 3 is 2.49 bits per heavy atom. The molecule has 3 heterocycles. The van der Waals surface area contributed by atoms with Crippen LogP contribution < -0.4 is 14.8 Å². The van der Waals surface area contributed by atoms with Gasteiger partial charge in [0.05, 0.1) is 35.3 Å². The van der Waals surface area contributed by atoms with Crippen molar-refractivity contribution in [3.8, 4) is 22.8 Å². The fourth-order valence-corrected chi connectivity index (χ4v) is 5.70. The first-order valence-electron chi connectivity index (χ1n) is 11.9. The lowest BCUT2D eigenvalue weighted by Gasteiger charge is -2.70. The minimum absolute atomic E-state index is 0.00941. The maximum absolute atomic E-state index is 13.0. The molecular formula is C25H20F6N4O4. The Morgan fingerprint density at radius 1 is 1.10 bits per heavy atom. The lowest BCUT2D eigenvalue weighted by atomic mass is 9.44. The zero-order valence-corrected chi connectivity index (χ0v) is 19.9. The molecule has 0 unspecified atom stereocenters. The minimum atomic E-state index is -4.81. The third-order valence-corrected chi connectivity index (χ3v) is 7.42. The summed E-state index contributed by atoms with van der Waals surface area (Å²) in [6.45, 7) is 0. The number of carbonyl (C=O) groups is 1. The van der Waals surface area contributed by atoms with Gasteiger partial charge in [-0.2, -0.15) is 18.3 Å². The number of nitrogens with one attached hydrogen (secondary N) is 1. The lowest BCUT2D eigenvalue weighted by Crippen LogP contribution is -2.79. The van der Waals surface area contributed by atoms with Crippen LogP contribution in [0.15, 0.2) is 48.9 Å². The first-order valence-corrected chi connectivity index (χ1v) is 11.9. The highest BCUT2D eigenvalue weighted by molar-refractivity contribution is 5.83. The van der Waals surface area contributed by atoms with Crippen molar-refractivity contribution in [3.63, 3.8) is 0 Å². The average Bonchev–Trinajstić information content (AvgIpc) is 3.28. The molecule has 2 atom stereocenters. The smallest absolute Gasteiger partial charge is 0.480 e. The van der Waals surface area contributed by atoms with Gasteiger partial charge in [0.15, 0.2) is 6.10 Å². The molecule has 4 aliphatic rings. The largest absolute Gasteiger partial charge is 0.573 e. The van der Waals surface area contributed by atoms with Gasteiger partial charge in [-0.15, -0.1) is 13.2 Å². The van der Waals surface area contributed by atoms with E-state index in [2.05, 4.69) is 20.1 Å². The van der Waals surface area contributed by atoms with Gasteiger partial charge < -0.3 is 19.9 Å². The van der Waals surface area contributed by atoms with Gasteiger partial charge in [0.25, 0.3) is 5.91 Å². The fourth-order valence-electron chi connectivity index (χ4n) is 5.70. The number of fused-ring (bicyclic) bond motifs is 1. The molecule has 14 heteroatoms. The predicted molar refractivity (Wildman–Crippen MR) is 120 cm³/mol. The second kappa shape index (κ2) is 8.34. The summed E-state index contributed by atoms with van der Waals surface area (Å²) in [7, 11) is 0. The van der Waals surface area contributed by atoms with Gasteiger partial charge in [-0.1, -0.05) is 0 Å². The van der Waals surface area contributed by atoms with Gasteiger partial charge in [0, 0.05) is 29.3 Å². The molecular weight excluding hydrogens is 534 g/mol. The zero-order valence-electron chi connectivity index (χ0n) is 19.9. The van der Waals surface area contributed by atoms with Gasteiger partial charge in [0.1, 0.15) is 11.5 Å². The SMILES string of the molecule is O=C(NC12CC(n3cc(-c4ccc(OC(F)(F)F)cn4)cn3)(C1)C2)[C@H]1C[C@H](O)c2cc(C(F)(F)F)ccc2O1. The number of ether oxygens (including phenoxy) is 2. The van der Waals surface area contributed by atoms with Gasteiger partial charge in [-0.25, -0.2) is 0 Å². The minimum Gasteiger partial charge on any atom is -0.480 e. The van der Waals surface area contributed by atoms with E-state index < -0.39 is 47.5 Å². The Balaban J connectivity index is 1.07. The van der Waals surface area contributed by atoms with Crippen LogP contribution in [-0.4, -0.2) is 43.8 Å². The van der Waals surface area contributed by atoms with Gasteiger partial charge in [0.2, 0.25) is 0 Å². The van der Waals surface area contributed by atoms with E-state index in [1.54, 1.807) is 17.1 Å². The molecule has 1 aliphatic heterocycles. The number of benzene rings is 1. The van der Waals surface area contributed by atoms with Crippen LogP contribution in [0, 0.1) is 0 Å². The summed E-state index contributed by atoms with van der Waals surface area (Å²) in [4.78, 5) is 16.9. The van der Waals surface area contributed by atoms with E-state index in [-0.39, 0.29) is 23.3 Å². The predicted octanol–water partition coefficient (Wildman–Crippen LogP) is 4.50. The summed E-state index contributed by atoms with van der Waals surface area (Å²) < 4.78 is 87.2. The molecule has 3 aromatic rings. The highest BCUT2D eigenvalue weighted by Crippen LogP contribution is 2.65. The second-order valence-electron chi connectivity index (χ2n) is 10.2. The maximum Gasteiger partial charge on any atom is 0.573 e. The molecule has 2 bridgehead atoms. The molecule has 8 nitrogen and oxygen atoms in total. The third kappa shape index (κ3) is 4.56. The number of pyridine rings is 1. The number of amides is 1. The van der Waals surface area contributed by atoms with Crippen LogP contribution in [0.25, 0.3) is 11.3 Å². The standard InChI is InChI=1S/C25H20F6N4O4/c26-24(27,28)14-1-4-19-16(5-14)18(36)6-20(38-19)21(37)34-22-10-23(11-22,12-22)35-9-13(7-33-35)17-3-2-15(8-32-17)39-25(29,30)31/h1-5,7-9,18,20,36H,6,10-12H2,(H,34,37)/t18-,20+,22?,23?/m0/s1. The summed E-state index contributed by atoms with van der Waals surface area (Å²) in [5, 5.41) is 17.7. The van der Waals surface area contributed by atoms with Crippen LogP contribution in [0.1, 0.15) is 42.9 Å². The number of aliphatic hydroxyl groups is 1. The third-order valence-electron chi connectivity index (χ3n) is 7.42. The summed E-state index contributed by atoms with van der Waals surface area (Å²) in [5.74, 6) is -0.856. The lowest BCUT2D eigenvalue weighted by molar-refractivity contribution is -0.274. The molecule has 0 radical (unpaired) electrons. The molecule has 7 rings (SSSR count). The molecule has 3 fully saturated rings. The van der Waals surface area contributed by atoms with Crippen LogP contribution in [0.4, 0.5) is 26.3 Å². The van der Waals surface area contributed by atoms with Crippen molar-refractivity contribution in [1.82, 2.24) is 20.1 Å². The number of carbonyl (C=O) groups excluding carboxylic acids is 1. The maximum atomic E-state index is 13.0. The number of nitrogens with zero attached hydrogens (tertiary/aromatic N) is 3. The Labute approximate surface area is 216 Å². The first kappa shape index (κ1) is 25.5. The molecule has 39 heavy (non-hydrogen) atoms. The van der Waals surface area contributed by atoms with E-state index in [0.29, 0.717) is 30.5 Å². The molecule has 2 N–H and O–H groups in total. The Kier molecular flexibility index (Phi) is 5.45. The quantitative estimate of drug-likeness (QED) is 0.451. The van der Waals surface area contributed by atoms with Crippen molar-refractivity contribution >= 4 is 5.91 Å². The summed E-state index contributed by atoms with van der Waals surface area (Å²) in [6.07, 6.45) is -5.87. The number of hydrogen-bond donors (Lipinski definition) is 2. The molecule has 0 spiro atoms. The molecule has 1 aromatic carbocycles. The molecule has 1 amide bonds.